The van der Waals surface area contributed by atoms with Gasteiger partial charge in [-0.05, 0) is 32.1 Å². The van der Waals surface area contributed by atoms with E-state index in [4.69, 9.17) is 4.74 Å². The van der Waals surface area contributed by atoms with Crippen LogP contribution in [0, 0.1) is 11.3 Å². The summed E-state index contributed by atoms with van der Waals surface area (Å²) in [4.78, 5) is 12.4. The third-order valence-corrected chi connectivity index (χ3v) is 6.93. The van der Waals surface area contributed by atoms with E-state index in [0.717, 1.165) is 38.7 Å². The highest BCUT2D eigenvalue weighted by Gasteiger charge is 2.65. The highest BCUT2D eigenvalue weighted by molar-refractivity contribution is 5.74. The Bertz CT molecular complexity index is 455. The van der Waals surface area contributed by atoms with E-state index < -0.39 is 5.60 Å². The Morgan fingerprint density at radius 1 is 1.09 bits per heavy atom. The number of hydrogen-bond acceptors (Lipinski definition) is 3. The van der Waals surface area contributed by atoms with Crippen LogP contribution in [-0.2, 0) is 4.74 Å². The van der Waals surface area contributed by atoms with Crippen LogP contribution in [-0.4, -0.2) is 42.0 Å². The second-order valence-corrected chi connectivity index (χ2v) is 8.27. The van der Waals surface area contributed by atoms with Gasteiger partial charge in [0.15, 0.2) is 0 Å². The molecule has 0 radical (unpaired) electrons. The molecule has 1 heterocycles. The van der Waals surface area contributed by atoms with Crippen molar-refractivity contribution in [1.29, 1.82) is 0 Å². The zero-order valence-corrected chi connectivity index (χ0v) is 14.0. The topological polar surface area (TPSA) is 70.6 Å². The van der Waals surface area contributed by atoms with E-state index in [1.807, 2.05) is 0 Å². The van der Waals surface area contributed by atoms with Crippen molar-refractivity contribution in [2.45, 2.75) is 82.0 Å². The molecule has 23 heavy (non-hydrogen) atoms. The molecule has 0 aromatic carbocycles. The number of aliphatic hydroxyl groups is 1. The number of hydrogen-bond donors (Lipinski definition) is 3. The number of carbonyl (C=O) groups is 1. The Balaban J connectivity index is 1.33. The minimum absolute atomic E-state index is 0.106. The zero-order valence-electron chi connectivity index (χ0n) is 14.0. The molecule has 130 valence electrons. The summed E-state index contributed by atoms with van der Waals surface area (Å²) in [6.45, 7) is 1.22. The Morgan fingerprint density at radius 3 is 2.52 bits per heavy atom. The standard InChI is InChI=1S/C18H30N2O3/c21-16(19-12-17(22)7-2-1-3-8-17)20-14-13-6-11-23-15(13)18(14)9-4-5-10-18/h13-15,22H,1-12H2,(H2,19,20,21). The van der Waals surface area contributed by atoms with E-state index in [9.17, 15) is 9.90 Å². The zero-order chi connectivity index (χ0) is 15.9. The molecular weight excluding hydrogens is 292 g/mol. The van der Waals surface area contributed by atoms with Gasteiger partial charge in [-0.1, -0.05) is 32.1 Å². The van der Waals surface area contributed by atoms with E-state index in [0.29, 0.717) is 18.6 Å². The number of fused-ring (bicyclic) bond motifs is 2. The maximum absolute atomic E-state index is 12.4. The summed E-state index contributed by atoms with van der Waals surface area (Å²) in [7, 11) is 0. The van der Waals surface area contributed by atoms with Crippen molar-refractivity contribution in [3.8, 4) is 0 Å². The Hall–Kier alpha value is -0.810. The predicted molar refractivity (Wildman–Crippen MR) is 87.1 cm³/mol. The van der Waals surface area contributed by atoms with E-state index in [1.54, 1.807) is 0 Å². The smallest absolute Gasteiger partial charge is 0.315 e. The van der Waals surface area contributed by atoms with Crippen molar-refractivity contribution in [2.24, 2.45) is 11.3 Å². The van der Waals surface area contributed by atoms with Gasteiger partial charge in [0.2, 0.25) is 0 Å². The minimum atomic E-state index is -0.695. The van der Waals surface area contributed by atoms with Gasteiger partial charge in [-0.3, -0.25) is 0 Å². The molecule has 0 bridgehead atoms. The van der Waals surface area contributed by atoms with Crippen LogP contribution < -0.4 is 10.6 Å². The molecule has 3 aliphatic carbocycles. The molecule has 1 saturated heterocycles. The first-order valence-corrected chi connectivity index (χ1v) is 9.51. The molecule has 3 saturated carbocycles. The minimum Gasteiger partial charge on any atom is -0.388 e. The van der Waals surface area contributed by atoms with Gasteiger partial charge in [-0.15, -0.1) is 0 Å². The molecule has 5 heteroatoms. The third kappa shape index (κ3) is 2.66. The highest BCUT2D eigenvalue weighted by Crippen LogP contribution is 2.60. The van der Waals surface area contributed by atoms with Crippen LogP contribution in [0.1, 0.15) is 64.2 Å². The third-order valence-electron chi connectivity index (χ3n) is 6.93. The van der Waals surface area contributed by atoms with Gasteiger partial charge in [0.25, 0.3) is 0 Å². The average molecular weight is 322 g/mol. The van der Waals surface area contributed by atoms with Crippen LogP contribution in [0.15, 0.2) is 0 Å². The molecule has 1 aliphatic heterocycles. The van der Waals surface area contributed by atoms with Crippen molar-refractivity contribution in [1.82, 2.24) is 10.6 Å². The molecule has 2 amide bonds. The number of carbonyl (C=O) groups excluding carboxylic acids is 1. The van der Waals surface area contributed by atoms with Gasteiger partial charge < -0.3 is 20.5 Å². The summed E-state index contributed by atoms with van der Waals surface area (Å²) in [5.41, 5.74) is -0.500. The summed E-state index contributed by atoms with van der Waals surface area (Å²) in [6, 6.07) is 0.157. The molecule has 5 nitrogen and oxygen atoms in total. The summed E-state index contributed by atoms with van der Waals surface area (Å²) in [6.07, 6.45) is 11.3. The summed E-state index contributed by atoms with van der Waals surface area (Å²) < 4.78 is 5.96. The predicted octanol–water partition coefficient (Wildman–Crippen LogP) is 2.33. The fourth-order valence-corrected chi connectivity index (χ4v) is 5.73. The summed E-state index contributed by atoms with van der Waals surface area (Å²) in [5.74, 6) is 0.497. The first-order valence-electron chi connectivity index (χ1n) is 9.51. The molecule has 4 aliphatic rings. The highest BCUT2D eigenvalue weighted by atomic mass is 16.5. The van der Waals surface area contributed by atoms with Gasteiger partial charge in [-0.2, -0.15) is 0 Å². The van der Waals surface area contributed by atoms with Gasteiger partial charge in [0.05, 0.1) is 11.7 Å². The monoisotopic (exact) mass is 322 g/mol. The molecule has 0 aromatic heterocycles. The van der Waals surface area contributed by atoms with Crippen molar-refractivity contribution in [3.05, 3.63) is 0 Å². The van der Waals surface area contributed by atoms with E-state index in [2.05, 4.69) is 10.6 Å². The lowest BCUT2D eigenvalue weighted by molar-refractivity contribution is -0.126. The molecule has 4 rings (SSSR count). The van der Waals surface area contributed by atoms with Crippen molar-refractivity contribution in [2.75, 3.05) is 13.2 Å². The lowest BCUT2D eigenvalue weighted by Gasteiger charge is -2.56. The average Bonchev–Trinajstić information content (AvgIpc) is 3.20. The number of amides is 2. The number of nitrogens with one attached hydrogen (secondary N) is 2. The SMILES string of the molecule is O=C(NCC1(O)CCCCC1)NC1C2CCOC2C12CCCC2. The Morgan fingerprint density at radius 2 is 1.78 bits per heavy atom. The van der Waals surface area contributed by atoms with Gasteiger partial charge in [0.1, 0.15) is 0 Å². The molecule has 1 spiro atoms. The van der Waals surface area contributed by atoms with Crippen LogP contribution in [0.5, 0.6) is 0 Å². The van der Waals surface area contributed by atoms with Crippen molar-refractivity contribution >= 4 is 6.03 Å². The van der Waals surface area contributed by atoms with Gasteiger partial charge in [0, 0.05) is 30.5 Å². The van der Waals surface area contributed by atoms with Crippen LogP contribution >= 0.6 is 0 Å². The second kappa shape index (κ2) is 5.92. The normalized spacial score (nSPS) is 37.2. The summed E-state index contributed by atoms with van der Waals surface area (Å²) in [5, 5.41) is 16.7. The summed E-state index contributed by atoms with van der Waals surface area (Å²) >= 11 is 0. The first kappa shape index (κ1) is 15.7. The van der Waals surface area contributed by atoms with Crippen LogP contribution in [0.4, 0.5) is 4.79 Å². The lowest BCUT2D eigenvalue weighted by Crippen LogP contribution is -2.69. The number of rotatable bonds is 3. The van der Waals surface area contributed by atoms with Crippen LogP contribution in [0.25, 0.3) is 0 Å². The maximum atomic E-state index is 12.4. The molecule has 3 unspecified atom stereocenters. The lowest BCUT2D eigenvalue weighted by atomic mass is 9.54. The van der Waals surface area contributed by atoms with E-state index >= 15 is 0 Å². The van der Waals surface area contributed by atoms with Crippen molar-refractivity contribution in [3.63, 3.8) is 0 Å². The van der Waals surface area contributed by atoms with Crippen LogP contribution in [0.3, 0.4) is 0 Å². The van der Waals surface area contributed by atoms with Gasteiger partial charge in [-0.25, -0.2) is 4.79 Å². The Kier molecular flexibility index (Phi) is 4.04. The van der Waals surface area contributed by atoms with Crippen molar-refractivity contribution < 1.29 is 14.6 Å². The molecule has 3 atom stereocenters. The molecule has 0 aromatic rings. The number of urea groups is 1. The number of ether oxygens (including phenoxy) is 1. The van der Waals surface area contributed by atoms with Crippen LogP contribution in [0.2, 0.25) is 0 Å². The largest absolute Gasteiger partial charge is 0.388 e. The second-order valence-electron chi connectivity index (χ2n) is 8.27. The fraction of sp³-hybridized carbons (Fsp3) is 0.944. The molecule has 3 N–H and O–H groups in total. The van der Waals surface area contributed by atoms with E-state index in [-0.39, 0.29) is 17.5 Å². The van der Waals surface area contributed by atoms with Gasteiger partial charge >= 0.3 is 6.03 Å². The first-order chi connectivity index (χ1) is 11.1. The maximum Gasteiger partial charge on any atom is 0.315 e. The Labute approximate surface area is 138 Å². The molecule has 4 fully saturated rings. The fourth-order valence-electron chi connectivity index (χ4n) is 5.73. The van der Waals surface area contributed by atoms with E-state index in [1.165, 1.54) is 32.1 Å². The quantitative estimate of drug-likeness (QED) is 0.747. The molecular formula is C18H30N2O3.